The number of hydrogen-bond donors (Lipinski definition) is 0. The van der Waals surface area contributed by atoms with Crippen molar-refractivity contribution in [3.63, 3.8) is 0 Å². The van der Waals surface area contributed by atoms with Crippen LogP contribution in [-0.2, 0) is 28.9 Å². The topological polar surface area (TPSA) is 69.4 Å². The molecular formula is C20H16F2N4O2S. The second-order valence-corrected chi connectivity index (χ2v) is 8.01. The second kappa shape index (κ2) is 6.84. The second-order valence-electron chi connectivity index (χ2n) is 6.92. The molecule has 148 valence electrons. The van der Waals surface area contributed by atoms with Crippen LogP contribution in [0.3, 0.4) is 0 Å². The molecule has 3 aromatic rings. The summed E-state index contributed by atoms with van der Waals surface area (Å²) in [6.07, 6.45) is 2.90. The lowest BCUT2D eigenvalue weighted by Gasteiger charge is -2.11. The van der Waals surface area contributed by atoms with Crippen molar-refractivity contribution in [2.75, 3.05) is 6.61 Å². The van der Waals surface area contributed by atoms with Gasteiger partial charge in [0.1, 0.15) is 16.6 Å². The Morgan fingerprint density at radius 1 is 1.28 bits per heavy atom. The molecule has 1 aromatic carbocycles. The van der Waals surface area contributed by atoms with Crippen molar-refractivity contribution in [3.8, 4) is 16.4 Å². The van der Waals surface area contributed by atoms with Gasteiger partial charge in [0.25, 0.3) is 0 Å². The molecule has 0 N–H and O–H groups in total. The summed E-state index contributed by atoms with van der Waals surface area (Å²) in [5.74, 6) is -1.17. The Morgan fingerprint density at radius 3 is 2.83 bits per heavy atom. The van der Waals surface area contributed by atoms with Crippen LogP contribution in [0.4, 0.5) is 8.78 Å². The zero-order valence-electron chi connectivity index (χ0n) is 15.5. The molecule has 2 aliphatic rings. The van der Waals surface area contributed by atoms with Crippen molar-refractivity contribution in [2.45, 2.75) is 26.3 Å². The minimum Gasteiger partial charge on any atom is -0.466 e. The molecule has 9 heteroatoms. The normalized spacial score (nSPS) is 16.9. The Kier molecular flexibility index (Phi) is 4.27. The lowest BCUT2D eigenvalue weighted by molar-refractivity contribution is -0.147. The van der Waals surface area contributed by atoms with E-state index in [2.05, 4.69) is 15.2 Å². The standard InChI is InChI=1S/C20H16F2N4O2S/c1-2-28-20(27)10-6-11-12-8-23-9-16-24-25-18(17-13(21)4-3-5-14(17)22)26(16)19(12)29-15(11)7-10/h3-5,8,10H,2,6-7,9H2,1H3. The molecule has 0 bridgehead atoms. The first-order valence-electron chi connectivity index (χ1n) is 9.28. The first kappa shape index (κ1) is 18.1. The number of carbonyl (C=O) groups excluding carboxylic acids is 1. The molecule has 6 nitrogen and oxygen atoms in total. The van der Waals surface area contributed by atoms with E-state index in [-0.39, 0.29) is 29.8 Å². The summed E-state index contributed by atoms with van der Waals surface area (Å²) in [5, 5.41) is 8.97. The number of ether oxygens (including phenoxy) is 1. The van der Waals surface area contributed by atoms with Crippen LogP contribution in [0.2, 0.25) is 0 Å². The van der Waals surface area contributed by atoms with E-state index in [4.69, 9.17) is 4.74 Å². The zero-order chi connectivity index (χ0) is 20.1. The average Bonchev–Trinajstić information content (AvgIpc) is 3.33. The van der Waals surface area contributed by atoms with Crippen molar-refractivity contribution in [3.05, 3.63) is 51.7 Å². The van der Waals surface area contributed by atoms with Gasteiger partial charge < -0.3 is 4.74 Å². The number of aromatic nitrogens is 3. The van der Waals surface area contributed by atoms with Crippen LogP contribution in [0.5, 0.6) is 0 Å². The van der Waals surface area contributed by atoms with Crippen molar-refractivity contribution in [1.82, 2.24) is 14.8 Å². The van der Waals surface area contributed by atoms with Crippen LogP contribution >= 0.6 is 11.3 Å². The summed E-state index contributed by atoms with van der Waals surface area (Å²) in [6.45, 7) is 2.39. The predicted molar refractivity (Wildman–Crippen MR) is 103 cm³/mol. The molecule has 1 aliphatic carbocycles. The van der Waals surface area contributed by atoms with E-state index in [9.17, 15) is 13.6 Å². The fourth-order valence-corrected chi connectivity index (χ4v) is 5.30. The minimum atomic E-state index is -0.696. The van der Waals surface area contributed by atoms with E-state index >= 15 is 0 Å². The van der Waals surface area contributed by atoms with Gasteiger partial charge in [0.15, 0.2) is 11.6 Å². The van der Waals surface area contributed by atoms with Gasteiger partial charge in [-0.3, -0.25) is 14.4 Å². The summed E-state index contributed by atoms with van der Waals surface area (Å²) in [4.78, 5) is 17.6. The molecule has 1 unspecified atom stereocenters. The van der Waals surface area contributed by atoms with E-state index in [0.29, 0.717) is 25.3 Å². The van der Waals surface area contributed by atoms with E-state index in [1.54, 1.807) is 17.7 Å². The SMILES string of the molecule is CCOC(=O)C1Cc2sc3c(c2C1)C=NCc1nnc(-c2c(F)cccc2F)n1-3. The smallest absolute Gasteiger partial charge is 0.309 e. The van der Waals surface area contributed by atoms with Gasteiger partial charge >= 0.3 is 5.97 Å². The van der Waals surface area contributed by atoms with Crippen LogP contribution in [0.25, 0.3) is 16.4 Å². The van der Waals surface area contributed by atoms with Gasteiger partial charge in [0, 0.05) is 16.7 Å². The first-order valence-corrected chi connectivity index (χ1v) is 10.1. The summed E-state index contributed by atoms with van der Waals surface area (Å²) in [7, 11) is 0. The van der Waals surface area contributed by atoms with Crippen molar-refractivity contribution < 1.29 is 18.3 Å². The molecule has 0 radical (unpaired) electrons. The summed E-state index contributed by atoms with van der Waals surface area (Å²) in [5.41, 5.74) is 1.68. The number of thiophene rings is 1. The molecule has 3 heterocycles. The monoisotopic (exact) mass is 414 g/mol. The maximum Gasteiger partial charge on any atom is 0.309 e. The number of benzene rings is 1. The highest BCUT2D eigenvalue weighted by Crippen LogP contribution is 2.42. The van der Waals surface area contributed by atoms with Crippen molar-refractivity contribution in [1.29, 1.82) is 0 Å². The summed E-state index contributed by atoms with van der Waals surface area (Å²) < 4.78 is 35.7. The van der Waals surface area contributed by atoms with Crippen LogP contribution in [0.1, 0.15) is 28.8 Å². The minimum absolute atomic E-state index is 0.115. The van der Waals surface area contributed by atoms with Gasteiger partial charge in [-0.05, 0) is 37.5 Å². The summed E-state index contributed by atoms with van der Waals surface area (Å²) in [6, 6.07) is 3.72. The molecule has 0 saturated heterocycles. The Bertz CT molecular complexity index is 1150. The summed E-state index contributed by atoms with van der Waals surface area (Å²) >= 11 is 1.48. The largest absolute Gasteiger partial charge is 0.466 e. The number of esters is 1. The quantitative estimate of drug-likeness (QED) is 0.616. The number of aliphatic imine (C=N–C) groups is 1. The fourth-order valence-electron chi connectivity index (χ4n) is 3.89. The van der Waals surface area contributed by atoms with Gasteiger partial charge in [-0.15, -0.1) is 21.5 Å². The van der Waals surface area contributed by atoms with Crippen LogP contribution < -0.4 is 0 Å². The van der Waals surface area contributed by atoms with E-state index < -0.39 is 11.6 Å². The Hall–Kier alpha value is -2.94. The molecule has 0 fully saturated rings. The Labute approximate surface area is 168 Å². The highest BCUT2D eigenvalue weighted by Gasteiger charge is 2.35. The molecule has 5 rings (SSSR count). The number of rotatable bonds is 3. The van der Waals surface area contributed by atoms with E-state index in [1.165, 1.54) is 29.5 Å². The number of hydrogen-bond acceptors (Lipinski definition) is 6. The highest BCUT2D eigenvalue weighted by molar-refractivity contribution is 7.15. The number of fused-ring (bicyclic) bond motifs is 5. The molecule has 2 aromatic heterocycles. The lowest BCUT2D eigenvalue weighted by Crippen LogP contribution is -2.18. The highest BCUT2D eigenvalue weighted by atomic mass is 32.1. The molecule has 1 aliphatic heterocycles. The number of carbonyl (C=O) groups is 1. The van der Waals surface area contributed by atoms with Crippen molar-refractivity contribution >= 4 is 23.5 Å². The van der Waals surface area contributed by atoms with Gasteiger partial charge in [-0.25, -0.2) is 8.78 Å². The van der Waals surface area contributed by atoms with Crippen LogP contribution in [0.15, 0.2) is 23.2 Å². The molecule has 29 heavy (non-hydrogen) atoms. The maximum atomic E-state index is 14.4. The zero-order valence-corrected chi connectivity index (χ0v) is 16.3. The van der Waals surface area contributed by atoms with Gasteiger partial charge in [-0.2, -0.15) is 0 Å². The maximum absolute atomic E-state index is 14.4. The fraction of sp³-hybridized carbons (Fsp3) is 0.300. The molecule has 0 spiro atoms. The predicted octanol–water partition coefficient (Wildman–Crippen LogP) is 3.48. The van der Waals surface area contributed by atoms with E-state index in [1.807, 2.05) is 0 Å². The van der Waals surface area contributed by atoms with Crippen molar-refractivity contribution in [2.24, 2.45) is 10.9 Å². The van der Waals surface area contributed by atoms with Gasteiger partial charge in [0.05, 0.1) is 24.6 Å². The molecular weight excluding hydrogens is 398 g/mol. The third kappa shape index (κ3) is 2.79. The molecule has 0 saturated carbocycles. The third-order valence-corrected chi connectivity index (χ3v) is 6.44. The van der Waals surface area contributed by atoms with Crippen LogP contribution in [0, 0.1) is 17.6 Å². The average molecular weight is 414 g/mol. The third-order valence-electron chi connectivity index (χ3n) is 5.19. The first-order chi connectivity index (χ1) is 14.1. The Balaban J connectivity index is 1.63. The Morgan fingerprint density at radius 2 is 2.07 bits per heavy atom. The lowest BCUT2D eigenvalue weighted by atomic mass is 10.1. The molecule has 1 atom stereocenters. The molecule has 0 amide bonds. The van der Waals surface area contributed by atoms with Gasteiger partial charge in [-0.1, -0.05) is 6.07 Å². The van der Waals surface area contributed by atoms with E-state index in [0.717, 1.165) is 21.0 Å². The van der Waals surface area contributed by atoms with Crippen LogP contribution in [-0.4, -0.2) is 33.6 Å². The number of nitrogens with zero attached hydrogens (tertiary/aromatic N) is 4. The number of halogens is 2. The van der Waals surface area contributed by atoms with Gasteiger partial charge in [0.2, 0.25) is 0 Å².